The minimum absolute atomic E-state index is 0.0204. The lowest BCUT2D eigenvalue weighted by Gasteiger charge is -2.36. The zero-order valence-electron chi connectivity index (χ0n) is 23.4. The fraction of sp³-hybridized carbons (Fsp3) is 0.559. The van der Waals surface area contributed by atoms with Crippen LogP contribution in [0.2, 0.25) is 0 Å². The first-order chi connectivity index (χ1) is 17.7. The van der Waals surface area contributed by atoms with E-state index in [0.29, 0.717) is 6.04 Å². The van der Waals surface area contributed by atoms with Crippen molar-refractivity contribution < 1.29 is 4.57 Å². The van der Waals surface area contributed by atoms with Gasteiger partial charge in [0.2, 0.25) is 6.33 Å². The Morgan fingerprint density at radius 2 is 1.31 bits per heavy atom. The molecule has 1 heterocycles. The third-order valence-corrected chi connectivity index (χ3v) is 7.99. The van der Waals surface area contributed by atoms with Crippen LogP contribution in [0.15, 0.2) is 79.4 Å². The standard InChI is InChI=1S/C34H51N2/c1-4-6-7-8-9-10-11-12-13-20-26-35-27-28-36(30-35)33(21-5-2)34(3,32-24-18-15-19-25-32)29-31-22-16-14-17-23-31/h14-19,22-25,27-28,30,33H,4-13,20-21,26,29H2,1-3H3/q+1. The highest BCUT2D eigenvalue weighted by Crippen LogP contribution is 2.41. The Morgan fingerprint density at radius 3 is 1.92 bits per heavy atom. The second-order valence-corrected chi connectivity index (χ2v) is 11.0. The maximum Gasteiger partial charge on any atom is 0.244 e. The van der Waals surface area contributed by atoms with E-state index in [-0.39, 0.29) is 5.41 Å². The van der Waals surface area contributed by atoms with Crippen LogP contribution >= 0.6 is 0 Å². The van der Waals surface area contributed by atoms with Crippen LogP contribution in [-0.4, -0.2) is 4.57 Å². The average molecular weight is 488 g/mol. The monoisotopic (exact) mass is 487 g/mol. The summed E-state index contributed by atoms with van der Waals surface area (Å²) >= 11 is 0. The molecule has 0 spiro atoms. The van der Waals surface area contributed by atoms with Gasteiger partial charge in [-0.25, -0.2) is 9.13 Å². The molecule has 1 aromatic heterocycles. The van der Waals surface area contributed by atoms with Gasteiger partial charge < -0.3 is 0 Å². The Hall–Kier alpha value is -2.35. The molecule has 2 nitrogen and oxygen atoms in total. The van der Waals surface area contributed by atoms with E-state index in [1.165, 1.54) is 88.2 Å². The van der Waals surface area contributed by atoms with Crippen molar-refractivity contribution in [3.8, 4) is 0 Å². The van der Waals surface area contributed by atoms with Crippen LogP contribution in [-0.2, 0) is 18.4 Å². The second kappa shape index (κ2) is 15.7. The van der Waals surface area contributed by atoms with Gasteiger partial charge in [0, 0.05) is 5.41 Å². The van der Waals surface area contributed by atoms with Gasteiger partial charge in [0.15, 0.2) is 0 Å². The van der Waals surface area contributed by atoms with E-state index in [0.717, 1.165) is 13.0 Å². The third-order valence-electron chi connectivity index (χ3n) is 7.99. The zero-order valence-corrected chi connectivity index (χ0v) is 23.4. The maximum atomic E-state index is 2.51. The molecule has 36 heavy (non-hydrogen) atoms. The number of aromatic nitrogens is 2. The number of hydrogen-bond acceptors (Lipinski definition) is 0. The largest absolute Gasteiger partial charge is 0.244 e. The Morgan fingerprint density at radius 1 is 0.722 bits per heavy atom. The number of nitrogens with zero attached hydrogens (tertiary/aromatic N) is 2. The fourth-order valence-corrected chi connectivity index (χ4v) is 5.83. The van der Waals surface area contributed by atoms with Gasteiger partial charge in [-0.05, 0) is 36.8 Å². The molecule has 2 aromatic carbocycles. The summed E-state index contributed by atoms with van der Waals surface area (Å²) in [7, 11) is 0. The highest BCUT2D eigenvalue weighted by molar-refractivity contribution is 5.30. The zero-order chi connectivity index (χ0) is 25.5. The van der Waals surface area contributed by atoms with E-state index in [1.54, 1.807) is 0 Å². The molecule has 3 aromatic rings. The van der Waals surface area contributed by atoms with E-state index < -0.39 is 0 Å². The van der Waals surface area contributed by atoms with E-state index >= 15 is 0 Å². The fourth-order valence-electron chi connectivity index (χ4n) is 5.83. The van der Waals surface area contributed by atoms with Gasteiger partial charge in [0.05, 0.1) is 6.54 Å². The molecule has 0 aliphatic carbocycles. The smallest absolute Gasteiger partial charge is 0.237 e. The first kappa shape index (κ1) is 28.2. The molecular formula is C34H51N2+. The molecule has 0 aliphatic heterocycles. The summed E-state index contributed by atoms with van der Waals surface area (Å²) in [4.78, 5) is 0. The molecule has 2 unspecified atom stereocenters. The normalized spacial score (nSPS) is 14.0. The van der Waals surface area contributed by atoms with E-state index in [4.69, 9.17) is 0 Å². The molecule has 2 heteroatoms. The molecular weight excluding hydrogens is 436 g/mol. The SMILES string of the molecule is CCCCCCCCCCCC[n+]1ccn(C(CCC)C(C)(Cc2ccccc2)c2ccccc2)c1. The van der Waals surface area contributed by atoms with Gasteiger partial charge in [-0.2, -0.15) is 0 Å². The van der Waals surface area contributed by atoms with Crippen molar-refractivity contribution in [2.24, 2.45) is 0 Å². The predicted molar refractivity (Wildman–Crippen MR) is 154 cm³/mol. The molecule has 0 N–H and O–H groups in total. The molecule has 0 saturated carbocycles. The minimum Gasteiger partial charge on any atom is -0.237 e. The topological polar surface area (TPSA) is 8.81 Å². The summed E-state index contributed by atoms with van der Waals surface area (Å²) < 4.78 is 4.93. The van der Waals surface area contributed by atoms with Gasteiger partial charge in [0.1, 0.15) is 18.4 Å². The molecule has 0 bridgehead atoms. The number of aryl methyl sites for hydroxylation is 1. The van der Waals surface area contributed by atoms with Crippen LogP contribution < -0.4 is 4.57 Å². The molecule has 196 valence electrons. The van der Waals surface area contributed by atoms with Crippen LogP contribution in [0.3, 0.4) is 0 Å². The molecule has 0 amide bonds. The quantitative estimate of drug-likeness (QED) is 0.125. The van der Waals surface area contributed by atoms with Gasteiger partial charge in [-0.1, -0.05) is 139 Å². The first-order valence-corrected chi connectivity index (χ1v) is 14.8. The highest BCUT2D eigenvalue weighted by atomic mass is 15.1. The molecule has 0 radical (unpaired) electrons. The van der Waals surface area contributed by atoms with Crippen molar-refractivity contribution >= 4 is 0 Å². The van der Waals surface area contributed by atoms with Crippen LogP contribution in [0.25, 0.3) is 0 Å². The highest BCUT2D eigenvalue weighted by Gasteiger charge is 2.39. The Labute approximate surface area is 221 Å². The Kier molecular flexibility index (Phi) is 12.3. The minimum atomic E-state index is 0.0204. The number of rotatable bonds is 18. The number of unbranched alkanes of at least 4 members (excludes halogenated alkanes) is 9. The molecule has 0 saturated heterocycles. The molecule has 0 fully saturated rings. The lowest BCUT2D eigenvalue weighted by molar-refractivity contribution is -0.697. The second-order valence-electron chi connectivity index (χ2n) is 11.0. The summed E-state index contributed by atoms with van der Waals surface area (Å²) in [5.41, 5.74) is 2.87. The van der Waals surface area contributed by atoms with Gasteiger partial charge in [-0.3, -0.25) is 0 Å². The van der Waals surface area contributed by atoms with Gasteiger partial charge >= 0.3 is 0 Å². The van der Waals surface area contributed by atoms with Gasteiger partial charge in [0.25, 0.3) is 0 Å². The van der Waals surface area contributed by atoms with Crippen LogP contribution in [0, 0.1) is 0 Å². The van der Waals surface area contributed by atoms with Crippen LogP contribution in [0.5, 0.6) is 0 Å². The van der Waals surface area contributed by atoms with Crippen LogP contribution in [0.4, 0.5) is 0 Å². The number of hydrogen-bond donors (Lipinski definition) is 0. The van der Waals surface area contributed by atoms with Crippen molar-refractivity contribution in [1.29, 1.82) is 0 Å². The summed E-state index contributed by atoms with van der Waals surface area (Å²) in [5.74, 6) is 0. The summed E-state index contributed by atoms with van der Waals surface area (Å²) in [5, 5.41) is 0. The van der Waals surface area contributed by atoms with Crippen molar-refractivity contribution in [3.63, 3.8) is 0 Å². The molecule has 0 aliphatic rings. The predicted octanol–water partition coefficient (Wildman–Crippen LogP) is 9.24. The lowest BCUT2D eigenvalue weighted by Crippen LogP contribution is -2.37. The van der Waals surface area contributed by atoms with Crippen molar-refractivity contribution in [3.05, 3.63) is 90.5 Å². The van der Waals surface area contributed by atoms with Crippen LogP contribution in [0.1, 0.15) is 115 Å². The molecule has 2 atom stereocenters. The van der Waals surface area contributed by atoms with Crippen molar-refractivity contribution in [1.82, 2.24) is 4.57 Å². The summed E-state index contributed by atoms with van der Waals surface area (Å²) in [6.45, 7) is 8.22. The van der Waals surface area contributed by atoms with Crippen molar-refractivity contribution in [2.45, 2.75) is 122 Å². The lowest BCUT2D eigenvalue weighted by atomic mass is 9.70. The third kappa shape index (κ3) is 8.64. The van der Waals surface area contributed by atoms with Gasteiger partial charge in [-0.15, -0.1) is 0 Å². The number of imidazole rings is 1. The van der Waals surface area contributed by atoms with E-state index in [9.17, 15) is 0 Å². The Bertz CT molecular complexity index is 946. The Balaban J connectivity index is 1.61. The number of benzene rings is 2. The average Bonchev–Trinajstić information content (AvgIpc) is 3.37. The summed E-state index contributed by atoms with van der Waals surface area (Å²) in [6.07, 6.45) is 24.3. The molecule has 3 rings (SSSR count). The maximum absolute atomic E-state index is 2.51. The first-order valence-electron chi connectivity index (χ1n) is 14.8. The van der Waals surface area contributed by atoms with E-state index in [1.807, 2.05) is 0 Å². The van der Waals surface area contributed by atoms with E-state index in [2.05, 4.69) is 109 Å². The van der Waals surface area contributed by atoms with Crippen molar-refractivity contribution in [2.75, 3.05) is 0 Å². The summed E-state index contributed by atoms with van der Waals surface area (Å²) in [6, 6.07) is 22.6.